The number of thiazole rings is 1. The lowest BCUT2D eigenvalue weighted by molar-refractivity contribution is -0.123. The lowest BCUT2D eigenvalue weighted by Gasteiger charge is -2.32. The van der Waals surface area contributed by atoms with Crippen LogP contribution in [0.3, 0.4) is 0 Å². The SMILES string of the molecule is O=C(C1CCN(S(=O)(=O)c2ccc(Cl)cc2)CC1)N(Cc1ccco1)c1nc2ccccc2s1. The maximum absolute atomic E-state index is 13.6. The maximum Gasteiger partial charge on any atom is 0.243 e. The molecule has 4 aromatic rings. The van der Waals surface area contributed by atoms with Crippen LogP contribution in [0.2, 0.25) is 5.02 Å². The summed E-state index contributed by atoms with van der Waals surface area (Å²) in [6.07, 6.45) is 2.45. The van der Waals surface area contributed by atoms with Crippen molar-refractivity contribution in [3.63, 3.8) is 0 Å². The standard InChI is InChI=1S/C24H22ClN3O4S2/c25-18-7-9-20(10-8-18)34(30,31)27-13-11-17(12-14-27)23(29)28(16-19-4-3-15-32-19)24-26-21-5-1-2-6-22(21)33-24/h1-10,15,17H,11-14,16H2. The number of aromatic nitrogens is 1. The summed E-state index contributed by atoms with van der Waals surface area (Å²) in [5, 5.41) is 1.09. The Kier molecular flexibility index (Phi) is 6.44. The van der Waals surface area contributed by atoms with Gasteiger partial charge in [-0.15, -0.1) is 0 Å². The zero-order valence-corrected chi connectivity index (χ0v) is 20.5. The van der Waals surface area contributed by atoms with Crippen LogP contribution < -0.4 is 4.90 Å². The molecule has 10 heteroatoms. The van der Waals surface area contributed by atoms with Crippen LogP contribution in [0.15, 0.2) is 76.2 Å². The van der Waals surface area contributed by atoms with Crippen molar-refractivity contribution in [3.05, 3.63) is 77.7 Å². The molecule has 1 fully saturated rings. The maximum atomic E-state index is 13.6. The highest BCUT2D eigenvalue weighted by molar-refractivity contribution is 7.89. The summed E-state index contributed by atoms with van der Waals surface area (Å²) in [5.41, 5.74) is 0.837. The van der Waals surface area contributed by atoms with E-state index < -0.39 is 10.0 Å². The van der Waals surface area contributed by atoms with E-state index in [1.165, 1.54) is 27.8 Å². The topological polar surface area (TPSA) is 83.7 Å². The van der Waals surface area contributed by atoms with Gasteiger partial charge in [-0.2, -0.15) is 4.31 Å². The van der Waals surface area contributed by atoms with Crippen molar-refractivity contribution in [1.82, 2.24) is 9.29 Å². The van der Waals surface area contributed by atoms with Gasteiger partial charge in [0, 0.05) is 24.0 Å². The number of para-hydroxylation sites is 1. The van der Waals surface area contributed by atoms with E-state index in [9.17, 15) is 13.2 Å². The third-order valence-electron chi connectivity index (χ3n) is 5.93. The minimum Gasteiger partial charge on any atom is -0.467 e. The van der Waals surface area contributed by atoms with Gasteiger partial charge in [0.25, 0.3) is 0 Å². The Hall–Kier alpha value is -2.72. The van der Waals surface area contributed by atoms with Gasteiger partial charge in [-0.25, -0.2) is 13.4 Å². The van der Waals surface area contributed by atoms with E-state index >= 15 is 0 Å². The number of amides is 1. The molecule has 3 heterocycles. The second-order valence-electron chi connectivity index (χ2n) is 8.10. The summed E-state index contributed by atoms with van der Waals surface area (Å²) in [7, 11) is -3.63. The highest BCUT2D eigenvalue weighted by Gasteiger charge is 2.35. The van der Waals surface area contributed by atoms with Gasteiger partial charge in [-0.1, -0.05) is 35.1 Å². The Labute approximate surface area is 206 Å². The normalized spacial score (nSPS) is 15.6. The van der Waals surface area contributed by atoms with E-state index in [-0.39, 0.29) is 36.4 Å². The number of carbonyl (C=O) groups is 1. The monoisotopic (exact) mass is 515 g/mol. The Morgan fingerprint density at radius 3 is 2.50 bits per heavy atom. The minimum absolute atomic E-state index is 0.0704. The van der Waals surface area contributed by atoms with E-state index in [0.717, 1.165) is 10.2 Å². The number of fused-ring (bicyclic) bond motifs is 1. The number of carbonyl (C=O) groups excluding carboxylic acids is 1. The fraction of sp³-hybridized carbons (Fsp3) is 0.250. The number of nitrogens with zero attached hydrogens (tertiary/aromatic N) is 3. The number of benzene rings is 2. The summed E-state index contributed by atoms with van der Waals surface area (Å²) in [5.74, 6) is 0.285. The lowest BCUT2D eigenvalue weighted by atomic mass is 9.96. The molecule has 0 saturated carbocycles. The zero-order valence-electron chi connectivity index (χ0n) is 18.1. The molecule has 0 unspecified atom stereocenters. The second-order valence-corrected chi connectivity index (χ2v) is 11.5. The molecule has 2 aromatic carbocycles. The van der Waals surface area contributed by atoms with E-state index in [0.29, 0.717) is 28.8 Å². The minimum atomic E-state index is -3.63. The second kappa shape index (κ2) is 9.50. The van der Waals surface area contributed by atoms with E-state index in [1.54, 1.807) is 29.4 Å². The van der Waals surface area contributed by atoms with Crippen LogP contribution in [0.4, 0.5) is 5.13 Å². The molecule has 34 heavy (non-hydrogen) atoms. The van der Waals surface area contributed by atoms with Gasteiger partial charge in [0.15, 0.2) is 5.13 Å². The highest BCUT2D eigenvalue weighted by atomic mass is 35.5. The third-order valence-corrected chi connectivity index (χ3v) is 9.15. The number of rotatable bonds is 6. The molecular weight excluding hydrogens is 494 g/mol. The molecule has 0 spiro atoms. The van der Waals surface area contributed by atoms with Crippen LogP contribution >= 0.6 is 22.9 Å². The average Bonchev–Trinajstić information content (AvgIpc) is 3.52. The number of halogens is 1. The molecule has 1 saturated heterocycles. The summed E-state index contributed by atoms with van der Waals surface area (Å²) in [4.78, 5) is 20.2. The molecule has 0 bridgehead atoms. The van der Waals surface area contributed by atoms with E-state index in [4.69, 9.17) is 16.0 Å². The van der Waals surface area contributed by atoms with Crippen LogP contribution in [-0.2, 0) is 21.4 Å². The van der Waals surface area contributed by atoms with Gasteiger partial charge >= 0.3 is 0 Å². The summed E-state index contributed by atoms with van der Waals surface area (Å²) in [6, 6.07) is 17.5. The Balaban J connectivity index is 1.34. The number of hydrogen-bond donors (Lipinski definition) is 0. The van der Waals surface area contributed by atoms with E-state index in [2.05, 4.69) is 4.98 Å². The molecule has 1 aliphatic heterocycles. The smallest absolute Gasteiger partial charge is 0.243 e. The van der Waals surface area contributed by atoms with Crippen molar-refractivity contribution >= 4 is 54.2 Å². The molecule has 0 N–H and O–H groups in total. The molecule has 0 atom stereocenters. The molecule has 1 amide bonds. The van der Waals surface area contributed by atoms with Crippen molar-refractivity contribution in [3.8, 4) is 0 Å². The van der Waals surface area contributed by atoms with Crippen molar-refractivity contribution < 1.29 is 17.6 Å². The summed E-state index contributed by atoms with van der Waals surface area (Å²) in [6.45, 7) is 0.820. The molecule has 0 radical (unpaired) electrons. The number of anilines is 1. The van der Waals surface area contributed by atoms with Crippen molar-refractivity contribution in [2.24, 2.45) is 5.92 Å². The first-order valence-corrected chi connectivity index (χ1v) is 13.5. The van der Waals surface area contributed by atoms with Crippen LogP contribution in [0, 0.1) is 5.92 Å². The number of furan rings is 1. The first-order chi connectivity index (χ1) is 16.4. The Morgan fingerprint density at radius 1 is 1.09 bits per heavy atom. The van der Waals surface area contributed by atoms with Gasteiger partial charge in [-0.3, -0.25) is 9.69 Å². The van der Waals surface area contributed by atoms with Gasteiger partial charge in [-0.05, 0) is 61.4 Å². The van der Waals surface area contributed by atoms with Crippen LogP contribution in [0.25, 0.3) is 10.2 Å². The first-order valence-electron chi connectivity index (χ1n) is 10.9. The molecule has 2 aromatic heterocycles. The molecule has 5 rings (SSSR count). The van der Waals surface area contributed by atoms with Crippen LogP contribution in [0.5, 0.6) is 0 Å². The molecule has 0 aliphatic carbocycles. The molecule has 176 valence electrons. The van der Waals surface area contributed by atoms with Gasteiger partial charge in [0.05, 0.1) is 27.9 Å². The summed E-state index contributed by atoms with van der Waals surface area (Å²) < 4.78 is 34.0. The number of hydrogen-bond acceptors (Lipinski definition) is 6. The fourth-order valence-corrected chi connectivity index (χ4v) is 6.66. The van der Waals surface area contributed by atoms with Gasteiger partial charge in [0.2, 0.25) is 15.9 Å². The predicted molar refractivity (Wildman–Crippen MR) is 132 cm³/mol. The van der Waals surface area contributed by atoms with E-state index in [1.807, 2.05) is 30.3 Å². The Morgan fingerprint density at radius 2 is 1.82 bits per heavy atom. The predicted octanol–water partition coefficient (Wildman–Crippen LogP) is 5.18. The van der Waals surface area contributed by atoms with Crippen molar-refractivity contribution in [2.75, 3.05) is 18.0 Å². The Bertz CT molecular complexity index is 1360. The summed E-state index contributed by atoms with van der Waals surface area (Å²) >= 11 is 7.35. The third kappa shape index (κ3) is 4.61. The van der Waals surface area contributed by atoms with Crippen molar-refractivity contribution in [2.45, 2.75) is 24.3 Å². The zero-order chi connectivity index (χ0) is 23.7. The average molecular weight is 516 g/mol. The van der Waals surface area contributed by atoms with Crippen LogP contribution in [0.1, 0.15) is 18.6 Å². The lowest BCUT2D eigenvalue weighted by Crippen LogP contribution is -2.44. The van der Waals surface area contributed by atoms with Crippen molar-refractivity contribution in [1.29, 1.82) is 0 Å². The quantitative estimate of drug-likeness (QED) is 0.353. The fourth-order valence-electron chi connectivity index (χ4n) is 4.09. The van der Waals surface area contributed by atoms with Crippen LogP contribution in [-0.4, -0.2) is 36.7 Å². The number of piperidine rings is 1. The highest BCUT2D eigenvalue weighted by Crippen LogP contribution is 2.33. The van der Waals surface area contributed by atoms with Gasteiger partial charge < -0.3 is 4.42 Å². The first kappa shape index (κ1) is 23.0. The van der Waals surface area contributed by atoms with Gasteiger partial charge in [0.1, 0.15) is 5.76 Å². The molecule has 1 aliphatic rings. The molecular formula is C24H22ClN3O4S2. The largest absolute Gasteiger partial charge is 0.467 e. The number of sulfonamides is 1. The molecule has 7 nitrogen and oxygen atoms in total.